The Balaban J connectivity index is 1.83. The maximum Gasteiger partial charge on any atom is 0.408 e. The van der Waals surface area contributed by atoms with Crippen LogP contribution in [0.15, 0.2) is 18.2 Å². The highest BCUT2D eigenvalue weighted by Crippen LogP contribution is 2.25. The quantitative estimate of drug-likeness (QED) is 0.880. The molecule has 0 aromatic heterocycles. The molecule has 1 aromatic carbocycles. The first-order valence-electron chi connectivity index (χ1n) is 8.06. The maximum atomic E-state index is 11.9. The Morgan fingerprint density at radius 2 is 1.87 bits per heavy atom. The Bertz CT molecular complexity index is 579. The van der Waals surface area contributed by atoms with E-state index in [-0.39, 0.29) is 11.6 Å². The van der Waals surface area contributed by atoms with Crippen molar-refractivity contribution in [1.29, 1.82) is 0 Å². The molecule has 0 bridgehead atoms. The van der Waals surface area contributed by atoms with Gasteiger partial charge in [0.2, 0.25) is 0 Å². The molecule has 0 spiro atoms. The number of benzene rings is 1. The van der Waals surface area contributed by atoms with Gasteiger partial charge >= 0.3 is 6.09 Å². The van der Waals surface area contributed by atoms with E-state index in [0.717, 1.165) is 17.9 Å². The largest absolute Gasteiger partial charge is 0.444 e. The van der Waals surface area contributed by atoms with Gasteiger partial charge in [-0.05, 0) is 70.7 Å². The van der Waals surface area contributed by atoms with Crippen LogP contribution in [0.3, 0.4) is 0 Å². The number of amides is 1. The van der Waals surface area contributed by atoms with Crippen molar-refractivity contribution >= 4 is 17.7 Å². The van der Waals surface area contributed by atoms with Crippen LogP contribution in [0.2, 0.25) is 5.02 Å². The molecule has 1 amide bonds. The molecule has 0 saturated heterocycles. The number of carbonyl (C=O) groups excluding carboxylic acids is 1. The van der Waals surface area contributed by atoms with Crippen LogP contribution in [0, 0.1) is 0 Å². The van der Waals surface area contributed by atoms with E-state index >= 15 is 0 Å². The Kier molecular flexibility index (Phi) is 5.27. The second-order valence-corrected chi connectivity index (χ2v) is 8.35. The van der Waals surface area contributed by atoms with Gasteiger partial charge in [-0.25, -0.2) is 4.79 Å². The van der Waals surface area contributed by atoms with Crippen LogP contribution in [0.25, 0.3) is 0 Å². The molecule has 2 rings (SSSR count). The predicted molar refractivity (Wildman–Crippen MR) is 94.1 cm³/mol. The molecule has 1 aliphatic carbocycles. The normalized spacial score (nSPS) is 17.7. The Morgan fingerprint density at radius 1 is 1.22 bits per heavy atom. The summed E-state index contributed by atoms with van der Waals surface area (Å²) in [5.41, 5.74) is 1.80. The van der Waals surface area contributed by atoms with Gasteiger partial charge in [0, 0.05) is 17.6 Å². The van der Waals surface area contributed by atoms with Crippen molar-refractivity contribution < 1.29 is 9.53 Å². The number of fused-ring (bicyclic) bond motifs is 1. The molecule has 5 heteroatoms. The number of halogens is 1. The first kappa shape index (κ1) is 18.1. The maximum absolute atomic E-state index is 11.9. The lowest BCUT2D eigenvalue weighted by molar-refractivity contribution is 0.0470. The van der Waals surface area contributed by atoms with E-state index in [1.807, 2.05) is 46.8 Å². The fourth-order valence-electron chi connectivity index (χ4n) is 2.75. The molecule has 128 valence electrons. The van der Waals surface area contributed by atoms with Gasteiger partial charge in [0.05, 0.1) is 5.54 Å². The molecule has 0 fully saturated rings. The first-order chi connectivity index (χ1) is 10.5. The topological polar surface area (TPSA) is 50.4 Å². The second kappa shape index (κ2) is 6.70. The number of hydrogen-bond acceptors (Lipinski definition) is 3. The van der Waals surface area contributed by atoms with Gasteiger partial charge in [0.25, 0.3) is 0 Å². The van der Waals surface area contributed by atoms with Gasteiger partial charge in [-0.1, -0.05) is 17.7 Å². The van der Waals surface area contributed by atoms with Gasteiger partial charge < -0.3 is 15.4 Å². The molecule has 4 nitrogen and oxygen atoms in total. The third-order valence-electron chi connectivity index (χ3n) is 3.77. The predicted octanol–water partition coefficient (Wildman–Crippen LogP) is 3.70. The third-order valence-corrected chi connectivity index (χ3v) is 4.01. The summed E-state index contributed by atoms with van der Waals surface area (Å²) in [5.74, 6) is 0. The monoisotopic (exact) mass is 338 g/mol. The molecular weight excluding hydrogens is 312 g/mol. The van der Waals surface area contributed by atoms with Crippen LogP contribution < -0.4 is 10.6 Å². The zero-order valence-electron chi connectivity index (χ0n) is 14.6. The molecule has 0 aliphatic heterocycles. The standard InChI is InChI=1S/C18H27ClN2O2/c1-17(2,3)23-16(22)21-18(4,5)11-20-15-9-12-6-7-14(19)8-13(12)10-15/h6-8,15,20H,9-11H2,1-5H3,(H,21,22). The van der Waals surface area contributed by atoms with E-state index < -0.39 is 5.60 Å². The average molecular weight is 339 g/mol. The lowest BCUT2D eigenvalue weighted by Gasteiger charge is -2.30. The SMILES string of the molecule is CC(C)(CNC1Cc2ccc(Cl)cc2C1)NC(=O)OC(C)(C)C. The van der Waals surface area contributed by atoms with Crippen molar-refractivity contribution in [1.82, 2.24) is 10.6 Å². The molecule has 0 saturated carbocycles. The molecular formula is C18H27ClN2O2. The number of nitrogens with one attached hydrogen (secondary N) is 2. The zero-order chi connectivity index (χ0) is 17.3. The highest BCUT2D eigenvalue weighted by Gasteiger charge is 2.27. The minimum atomic E-state index is -0.486. The van der Waals surface area contributed by atoms with Crippen molar-refractivity contribution in [3.05, 3.63) is 34.3 Å². The number of rotatable bonds is 4. The average Bonchev–Trinajstić information content (AvgIpc) is 2.75. The smallest absolute Gasteiger partial charge is 0.408 e. The zero-order valence-corrected chi connectivity index (χ0v) is 15.4. The van der Waals surface area contributed by atoms with Crippen molar-refractivity contribution in [2.24, 2.45) is 0 Å². The Labute approximate surface area is 143 Å². The molecule has 1 aliphatic rings. The van der Waals surface area contributed by atoms with Gasteiger partial charge in [-0.3, -0.25) is 0 Å². The Hall–Kier alpha value is -1.26. The van der Waals surface area contributed by atoms with Crippen LogP contribution in [0.4, 0.5) is 4.79 Å². The summed E-state index contributed by atoms with van der Waals surface area (Å²) in [4.78, 5) is 11.9. The van der Waals surface area contributed by atoms with Crippen LogP contribution in [-0.2, 0) is 17.6 Å². The van der Waals surface area contributed by atoms with Gasteiger partial charge in [0.15, 0.2) is 0 Å². The second-order valence-electron chi connectivity index (χ2n) is 7.91. The summed E-state index contributed by atoms with van der Waals surface area (Å²) >= 11 is 6.05. The van der Waals surface area contributed by atoms with Gasteiger partial charge in [-0.15, -0.1) is 0 Å². The summed E-state index contributed by atoms with van der Waals surface area (Å²) < 4.78 is 5.32. The fourth-order valence-corrected chi connectivity index (χ4v) is 2.95. The van der Waals surface area contributed by atoms with E-state index in [0.29, 0.717) is 12.6 Å². The molecule has 2 N–H and O–H groups in total. The lowest BCUT2D eigenvalue weighted by atomic mass is 10.1. The fraction of sp³-hybridized carbons (Fsp3) is 0.611. The van der Waals surface area contributed by atoms with E-state index in [9.17, 15) is 4.79 Å². The summed E-state index contributed by atoms with van der Waals surface area (Å²) in [7, 11) is 0. The molecule has 1 aromatic rings. The summed E-state index contributed by atoms with van der Waals surface area (Å²) in [5, 5.41) is 7.25. The molecule has 1 unspecified atom stereocenters. The van der Waals surface area contributed by atoms with Crippen molar-refractivity contribution in [2.45, 2.75) is 64.6 Å². The van der Waals surface area contributed by atoms with E-state index in [1.165, 1.54) is 11.1 Å². The number of alkyl carbamates (subject to hydrolysis) is 1. The van der Waals surface area contributed by atoms with E-state index in [1.54, 1.807) is 0 Å². The van der Waals surface area contributed by atoms with Crippen LogP contribution in [0.5, 0.6) is 0 Å². The molecule has 23 heavy (non-hydrogen) atoms. The molecule has 0 radical (unpaired) electrons. The molecule has 0 heterocycles. The van der Waals surface area contributed by atoms with Crippen molar-refractivity contribution in [3.63, 3.8) is 0 Å². The van der Waals surface area contributed by atoms with Crippen molar-refractivity contribution in [2.75, 3.05) is 6.54 Å². The summed E-state index contributed by atoms with van der Waals surface area (Å²) in [6, 6.07) is 6.46. The van der Waals surface area contributed by atoms with Gasteiger partial charge in [-0.2, -0.15) is 0 Å². The number of ether oxygens (including phenoxy) is 1. The highest BCUT2D eigenvalue weighted by molar-refractivity contribution is 6.30. The van der Waals surface area contributed by atoms with E-state index in [4.69, 9.17) is 16.3 Å². The van der Waals surface area contributed by atoms with Crippen LogP contribution in [0.1, 0.15) is 45.7 Å². The van der Waals surface area contributed by atoms with Gasteiger partial charge in [0.1, 0.15) is 5.60 Å². The molecule has 1 atom stereocenters. The first-order valence-corrected chi connectivity index (χ1v) is 8.44. The lowest BCUT2D eigenvalue weighted by Crippen LogP contribution is -2.53. The summed E-state index contributed by atoms with van der Waals surface area (Å²) in [6.45, 7) is 10.2. The van der Waals surface area contributed by atoms with Crippen LogP contribution in [-0.4, -0.2) is 29.8 Å². The van der Waals surface area contributed by atoms with Crippen LogP contribution >= 0.6 is 11.6 Å². The number of carbonyl (C=O) groups is 1. The Morgan fingerprint density at radius 3 is 2.52 bits per heavy atom. The third kappa shape index (κ3) is 5.70. The minimum absolute atomic E-state index is 0.378. The van der Waals surface area contributed by atoms with Crippen molar-refractivity contribution in [3.8, 4) is 0 Å². The number of hydrogen-bond donors (Lipinski definition) is 2. The highest BCUT2D eigenvalue weighted by atomic mass is 35.5. The minimum Gasteiger partial charge on any atom is -0.444 e. The summed E-state index contributed by atoms with van der Waals surface area (Å²) in [6.07, 6.45) is 1.58. The van der Waals surface area contributed by atoms with E-state index in [2.05, 4.69) is 16.7 Å².